The van der Waals surface area contributed by atoms with Gasteiger partial charge in [-0.2, -0.15) is 0 Å². The smallest absolute Gasteiger partial charge is 0.255 e. The van der Waals surface area contributed by atoms with Crippen molar-refractivity contribution in [3.63, 3.8) is 0 Å². The van der Waals surface area contributed by atoms with E-state index in [1.807, 2.05) is 5.38 Å². The molecular weight excluding hydrogens is 333 g/mol. The average Bonchev–Trinajstić information content (AvgIpc) is 2.85. The Hall–Kier alpha value is -1.47. The Morgan fingerprint density at radius 1 is 1.58 bits per heavy atom. The minimum atomic E-state index is -0.550. The number of carbonyl (C=O) groups excluding carboxylic acids is 1. The summed E-state index contributed by atoms with van der Waals surface area (Å²) >= 11 is 4.64. The van der Waals surface area contributed by atoms with Crippen molar-refractivity contribution >= 4 is 38.9 Å². The predicted molar refractivity (Wildman–Crippen MR) is 76.4 cm³/mol. The molecule has 1 aromatic carbocycles. The Kier molecular flexibility index (Phi) is 4.16. The summed E-state index contributed by atoms with van der Waals surface area (Å²) in [4.78, 5) is 17.9. The van der Waals surface area contributed by atoms with Crippen molar-refractivity contribution in [1.29, 1.82) is 0 Å². The first-order valence-electron chi connectivity index (χ1n) is 5.36. The molecule has 0 aliphatic heterocycles. The number of rotatable bonds is 3. The molecule has 1 aromatic heterocycles. The minimum absolute atomic E-state index is 0.0476. The van der Waals surface area contributed by atoms with Crippen LogP contribution in [-0.4, -0.2) is 22.8 Å². The third-order valence-electron chi connectivity index (χ3n) is 2.55. The van der Waals surface area contributed by atoms with Gasteiger partial charge in [0, 0.05) is 16.9 Å². The Balaban J connectivity index is 2.21. The minimum Gasteiger partial charge on any atom is -0.396 e. The van der Waals surface area contributed by atoms with Crippen molar-refractivity contribution in [2.45, 2.75) is 6.54 Å². The van der Waals surface area contributed by atoms with Crippen LogP contribution in [0.5, 0.6) is 0 Å². The quantitative estimate of drug-likeness (QED) is 0.871. The predicted octanol–water partition coefficient (Wildman–Crippen LogP) is 2.90. The first-order valence-corrected chi connectivity index (χ1v) is 7.09. The van der Waals surface area contributed by atoms with Gasteiger partial charge in [-0.15, -0.1) is 11.3 Å². The van der Waals surface area contributed by atoms with Gasteiger partial charge >= 0.3 is 0 Å². The molecule has 7 heteroatoms. The fourth-order valence-electron chi connectivity index (χ4n) is 1.57. The van der Waals surface area contributed by atoms with Crippen LogP contribution in [0.4, 0.5) is 10.1 Å². The molecule has 0 unspecified atom stereocenters. The van der Waals surface area contributed by atoms with Crippen LogP contribution in [0.3, 0.4) is 0 Å². The summed E-state index contributed by atoms with van der Waals surface area (Å²) in [5.41, 5.74) is 8.29. The van der Waals surface area contributed by atoms with Crippen molar-refractivity contribution < 1.29 is 9.18 Å². The molecule has 4 nitrogen and oxygen atoms in total. The number of halogens is 2. The summed E-state index contributed by atoms with van der Waals surface area (Å²) in [6.07, 6.45) is 0. The zero-order valence-corrected chi connectivity index (χ0v) is 12.5. The lowest BCUT2D eigenvalue weighted by Crippen LogP contribution is -2.26. The number of nitrogens with two attached hydrogens (primary N) is 1. The van der Waals surface area contributed by atoms with Crippen LogP contribution in [0.15, 0.2) is 27.5 Å². The fourth-order valence-corrected chi connectivity index (χ4v) is 2.60. The third kappa shape index (κ3) is 3.10. The van der Waals surface area contributed by atoms with Gasteiger partial charge < -0.3 is 10.6 Å². The molecule has 0 saturated carbocycles. The van der Waals surface area contributed by atoms with Gasteiger partial charge in [0.2, 0.25) is 0 Å². The summed E-state index contributed by atoms with van der Waals surface area (Å²) < 4.78 is 13.6. The Labute approximate surface area is 122 Å². The molecular formula is C12H11BrFN3OS. The van der Waals surface area contributed by atoms with E-state index in [0.29, 0.717) is 16.6 Å². The van der Waals surface area contributed by atoms with Crippen LogP contribution in [0, 0.1) is 5.82 Å². The van der Waals surface area contributed by atoms with Gasteiger partial charge in [0.15, 0.2) is 0 Å². The van der Waals surface area contributed by atoms with Crippen LogP contribution in [0.1, 0.15) is 16.1 Å². The molecule has 0 atom stereocenters. The average molecular weight is 344 g/mol. The molecule has 2 aromatic rings. The second kappa shape index (κ2) is 5.66. The van der Waals surface area contributed by atoms with Gasteiger partial charge in [0.25, 0.3) is 5.91 Å². The number of benzene rings is 1. The lowest BCUT2D eigenvalue weighted by atomic mass is 10.1. The van der Waals surface area contributed by atoms with Crippen molar-refractivity contribution in [2.75, 3.05) is 12.8 Å². The summed E-state index contributed by atoms with van der Waals surface area (Å²) in [5, 5.41) is 1.87. The highest BCUT2D eigenvalue weighted by Crippen LogP contribution is 2.24. The maximum atomic E-state index is 13.2. The topological polar surface area (TPSA) is 59.2 Å². The molecule has 2 N–H and O–H groups in total. The second-order valence-electron chi connectivity index (χ2n) is 3.99. The van der Waals surface area contributed by atoms with E-state index in [-0.39, 0.29) is 11.6 Å². The van der Waals surface area contributed by atoms with Crippen LogP contribution in [-0.2, 0) is 6.54 Å². The molecule has 1 amide bonds. The number of nitrogens with zero attached hydrogens (tertiary/aromatic N) is 2. The molecule has 0 aliphatic rings. The molecule has 0 spiro atoms. The zero-order chi connectivity index (χ0) is 14.0. The lowest BCUT2D eigenvalue weighted by molar-refractivity contribution is 0.0782. The van der Waals surface area contributed by atoms with Gasteiger partial charge in [-0.3, -0.25) is 4.79 Å². The van der Waals surface area contributed by atoms with Gasteiger partial charge in [0.05, 0.1) is 29.0 Å². The van der Waals surface area contributed by atoms with E-state index >= 15 is 0 Å². The summed E-state index contributed by atoms with van der Waals surface area (Å²) in [5.74, 6) is -0.794. The van der Waals surface area contributed by atoms with E-state index in [1.165, 1.54) is 28.4 Å². The van der Waals surface area contributed by atoms with E-state index in [2.05, 4.69) is 20.9 Å². The monoisotopic (exact) mass is 343 g/mol. The number of carbonyl (C=O) groups is 1. The number of nitrogen functional groups attached to an aromatic ring is 1. The van der Waals surface area contributed by atoms with Crippen LogP contribution in [0.25, 0.3) is 0 Å². The SMILES string of the molecule is CN(Cc1cscn1)C(=O)c1cc(N)c(F)cc1Br. The molecule has 0 bridgehead atoms. The summed E-state index contributed by atoms with van der Waals surface area (Å²) in [6, 6.07) is 2.53. The van der Waals surface area contributed by atoms with Gasteiger partial charge in [-0.05, 0) is 28.1 Å². The number of hydrogen-bond donors (Lipinski definition) is 1. The van der Waals surface area contributed by atoms with Crippen LogP contribution >= 0.6 is 27.3 Å². The largest absolute Gasteiger partial charge is 0.396 e. The molecule has 19 heavy (non-hydrogen) atoms. The number of amides is 1. The molecule has 0 fully saturated rings. The second-order valence-corrected chi connectivity index (χ2v) is 5.57. The first kappa shape index (κ1) is 14.0. The fraction of sp³-hybridized carbons (Fsp3) is 0.167. The highest BCUT2D eigenvalue weighted by Gasteiger charge is 2.17. The maximum absolute atomic E-state index is 13.2. The van der Waals surface area contributed by atoms with Crippen molar-refractivity contribution in [2.24, 2.45) is 0 Å². The standard InChI is InChI=1S/C12H11BrFN3OS/c1-17(4-7-5-19-6-16-7)12(18)8-2-11(15)10(14)3-9(8)13/h2-3,5-6H,4,15H2,1H3. The van der Waals surface area contributed by atoms with Gasteiger partial charge in [-0.25, -0.2) is 9.37 Å². The molecule has 100 valence electrons. The highest BCUT2D eigenvalue weighted by atomic mass is 79.9. The Bertz CT molecular complexity index is 603. The molecule has 1 heterocycles. The Morgan fingerprint density at radius 3 is 2.95 bits per heavy atom. The highest BCUT2D eigenvalue weighted by molar-refractivity contribution is 9.10. The molecule has 2 rings (SSSR count). The third-order valence-corrected chi connectivity index (χ3v) is 3.84. The van der Waals surface area contributed by atoms with E-state index < -0.39 is 5.82 Å². The molecule has 0 radical (unpaired) electrons. The number of hydrogen-bond acceptors (Lipinski definition) is 4. The van der Waals surface area contributed by atoms with Crippen molar-refractivity contribution in [3.8, 4) is 0 Å². The lowest BCUT2D eigenvalue weighted by Gasteiger charge is -2.17. The van der Waals surface area contributed by atoms with Crippen LogP contribution in [0.2, 0.25) is 0 Å². The number of thiazole rings is 1. The van der Waals surface area contributed by atoms with Crippen molar-refractivity contribution in [3.05, 3.63) is 44.6 Å². The first-order chi connectivity index (χ1) is 8.99. The van der Waals surface area contributed by atoms with E-state index in [0.717, 1.165) is 5.69 Å². The van der Waals surface area contributed by atoms with Crippen molar-refractivity contribution in [1.82, 2.24) is 9.88 Å². The van der Waals surface area contributed by atoms with Gasteiger partial charge in [-0.1, -0.05) is 0 Å². The summed E-state index contributed by atoms with van der Waals surface area (Å²) in [7, 11) is 1.66. The number of aromatic nitrogens is 1. The normalized spacial score (nSPS) is 10.5. The van der Waals surface area contributed by atoms with Gasteiger partial charge in [0.1, 0.15) is 5.82 Å². The maximum Gasteiger partial charge on any atom is 0.255 e. The summed E-state index contributed by atoms with van der Waals surface area (Å²) in [6.45, 7) is 0.395. The van der Waals surface area contributed by atoms with E-state index in [9.17, 15) is 9.18 Å². The zero-order valence-electron chi connectivity index (χ0n) is 10.1. The Morgan fingerprint density at radius 2 is 2.32 bits per heavy atom. The van der Waals surface area contributed by atoms with E-state index in [4.69, 9.17) is 5.73 Å². The molecule has 0 saturated heterocycles. The molecule has 0 aliphatic carbocycles. The van der Waals surface area contributed by atoms with E-state index in [1.54, 1.807) is 12.6 Å². The number of anilines is 1. The van der Waals surface area contributed by atoms with Crippen LogP contribution < -0.4 is 5.73 Å².